The molecule has 1 aliphatic carbocycles. The molecule has 1 heterocycles. The van der Waals surface area contributed by atoms with Crippen molar-refractivity contribution >= 4 is 0 Å². The minimum Gasteiger partial charge on any atom is -0.381 e. The molecule has 3 rings (SSSR count). The predicted molar refractivity (Wildman–Crippen MR) is 72.0 cm³/mol. The Hall–Kier alpha value is -0.900. The van der Waals surface area contributed by atoms with Gasteiger partial charge in [-0.2, -0.15) is 0 Å². The highest BCUT2D eigenvalue weighted by atomic mass is 16.5. The van der Waals surface area contributed by atoms with Crippen molar-refractivity contribution in [2.24, 2.45) is 11.8 Å². The number of hydrazine groups is 1. The summed E-state index contributed by atoms with van der Waals surface area (Å²) < 4.78 is 5.63. The van der Waals surface area contributed by atoms with Gasteiger partial charge in [0.05, 0.1) is 6.61 Å². The maximum Gasteiger partial charge on any atom is 0.0510 e. The van der Waals surface area contributed by atoms with E-state index < -0.39 is 0 Å². The SMILES string of the molecule is NNC(C1CCCOC1)C1(c2ccccc2)CC1. The van der Waals surface area contributed by atoms with Crippen LogP contribution in [0.4, 0.5) is 0 Å². The fourth-order valence-corrected chi connectivity index (χ4v) is 3.46. The molecule has 98 valence electrons. The van der Waals surface area contributed by atoms with Gasteiger partial charge in [-0.15, -0.1) is 0 Å². The molecule has 0 amide bonds. The van der Waals surface area contributed by atoms with Gasteiger partial charge >= 0.3 is 0 Å². The van der Waals surface area contributed by atoms with E-state index in [2.05, 4.69) is 35.8 Å². The Bertz CT molecular complexity index is 383. The third kappa shape index (κ3) is 2.07. The maximum atomic E-state index is 5.86. The first-order valence-electron chi connectivity index (χ1n) is 6.96. The molecular weight excluding hydrogens is 224 g/mol. The van der Waals surface area contributed by atoms with Gasteiger partial charge in [0.2, 0.25) is 0 Å². The lowest BCUT2D eigenvalue weighted by atomic mass is 9.79. The van der Waals surface area contributed by atoms with Crippen LogP contribution in [0.15, 0.2) is 30.3 Å². The molecule has 1 saturated carbocycles. The standard InChI is InChI=1S/C15H22N2O/c16-17-14(12-5-4-10-18-11-12)15(8-9-15)13-6-2-1-3-7-13/h1-3,6-7,12,14,17H,4-5,8-11,16H2. The van der Waals surface area contributed by atoms with Crippen molar-refractivity contribution in [2.45, 2.75) is 37.1 Å². The van der Waals surface area contributed by atoms with E-state index in [1.165, 1.54) is 24.8 Å². The largest absolute Gasteiger partial charge is 0.381 e. The van der Waals surface area contributed by atoms with E-state index in [0.717, 1.165) is 19.6 Å². The Morgan fingerprint density at radius 2 is 2.06 bits per heavy atom. The van der Waals surface area contributed by atoms with Crippen molar-refractivity contribution in [3.8, 4) is 0 Å². The van der Waals surface area contributed by atoms with Gasteiger partial charge in [0.1, 0.15) is 0 Å². The van der Waals surface area contributed by atoms with Gasteiger partial charge in [-0.3, -0.25) is 11.3 Å². The molecule has 2 aliphatic rings. The maximum absolute atomic E-state index is 5.86. The first-order valence-corrected chi connectivity index (χ1v) is 6.96. The molecule has 0 spiro atoms. The highest BCUT2D eigenvalue weighted by Gasteiger charge is 2.52. The summed E-state index contributed by atoms with van der Waals surface area (Å²) >= 11 is 0. The van der Waals surface area contributed by atoms with Crippen molar-refractivity contribution in [1.82, 2.24) is 5.43 Å². The van der Waals surface area contributed by atoms with Crippen LogP contribution < -0.4 is 11.3 Å². The minimum atomic E-state index is 0.251. The smallest absolute Gasteiger partial charge is 0.0510 e. The van der Waals surface area contributed by atoms with E-state index in [0.29, 0.717) is 12.0 Å². The first-order chi connectivity index (χ1) is 8.87. The summed E-state index contributed by atoms with van der Waals surface area (Å²) in [7, 11) is 0. The van der Waals surface area contributed by atoms with Crippen LogP contribution in [-0.4, -0.2) is 19.3 Å². The third-order valence-corrected chi connectivity index (χ3v) is 4.58. The van der Waals surface area contributed by atoms with Gasteiger partial charge in [0, 0.05) is 18.1 Å². The average Bonchev–Trinajstić information content (AvgIpc) is 3.24. The zero-order valence-corrected chi connectivity index (χ0v) is 10.8. The molecule has 3 N–H and O–H groups in total. The van der Waals surface area contributed by atoms with Crippen LogP contribution in [0.2, 0.25) is 0 Å². The molecule has 3 heteroatoms. The number of hydrogen-bond acceptors (Lipinski definition) is 3. The summed E-state index contributed by atoms with van der Waals surface area (Å²) in [5, 5.41) is 0. The van der Waals surface area contributed by atoms with E-state index in [-0.39, 0.29) is 5.41 Å². The average molecular weight is 246 g/mol. The number of hydrogen-bond donors (Lipinski definition) is 2. The van der Waals surface area contributed by atoms with Gasteiger partial charge < -0.3 is 4.74 Å². The minimum absolute atomic E-state index is 0.251. The first kappa shape index (κ1) is 12.2. The van der Waals surface area contributed by atoms with E-state index in [1.54, 1.807) is 0 Å². The zero-order chi connectivity index (χ0) is 12.4. The van der Waals surface area contributed by atoms with Crippen LogP contribution in [0, 0.1) is 5.92 Å². The molecule has 1 aliphatic heterocycles. The lowest BCUT2D eigenvalue weighted by Gasteiger charge is -2.36. The second-order valence-corrected chi connectivity index (χ2v) is 5.64. The molecule has 1 aromatic carbocycles. The molecule has 3 nitrogen and oxygen atoms in total. The quantitative estimate of drug-likeness (QED) is 0.631. The van der Waals surface area contributed by atoms with Gasteiger partial charge in [0.15, 0.2) is 0 Å². The fraction of sp³-hybridized carbons (Fsp3) is 0.600. The lowest BCUT2D eigenvalue weighted by Crippen LogP contribution is -2.51. The number of benzene rings is 1. The second-order valence-electron chi connectivity index (χ2n) is 5.64. The Balaban J connectivity index is 1.82. The zero-order valence-electron chi connectivity index (χ0n) is 10.8. The van der Waals surface area contributed by atoms with Crippen LogP contribution in [-0.2, 0) is 10.2 Å². The van der Waals surface area contributed by atoms with E-state index in [1.807, 2.05) is 0 Å². The number of rotatable bonds is 4. The Kier molecular flexibility index (Phi) is 3.37. The summed E-state index contributed by atoms with van der Waals surface area (Å²) in [6.45, 7) is 1.76. The van der Waals surface area contributed by atoms with Crippen molar-refractivity contribution < 1.29 is 4.74 Å². The van der Waals surface area contributed by atoms with Crippen molar-refractivity contribution in [2.75, 3.05) is 13.2 Å². The van der Waals surface area contributed by atoms with Crippen molar-refractivity contribution in [3.63, 3.8) is 0 Å². The molecule has 0 radical (unpaired) electrons. The Morgan fingerprint density at radius 3 is 2.61 bits per heavy atom. The summed E-state index contributed by atoms with van der Waals surface area (Å²) in [6.07, 6.45) is 4.86. The van der Waals surface area contributed by atoms with Crippen LogP contribution in [0.3, 0.4) is 0 Å². The third-order valence-electron chi connectivity index (χ3n) is 4.58. The molecule has 18 heavy (non-hydrogen) atoms. The molecule has 2 fully saturated rings. The van der Waals surface area contributed by atoms with Crippen molar-refractivity contribution in [1.29, 1.82) is 0 Å². The van der Waals surface area contributed by atoms with Gasteiger partial charge in [-0.25, -0.2) is 0 Å². The normalized spacial score (nSPS) is 27.7. The molecule has 2 atom stereocenters. The van der Waals surface area contributed by atoms with E-state index in [9.17, 15) is 0 Å². The van der Waals surface area contributed by atoms with Gasteiger partial charge in [-0.05, 0) is 37.2 Å². The summed E-state index contributed by atoms with van der Waals surface area (Å²) in [4.78, 5) is 0. The van der Waals surface area contributed by atoms with Crippen molar-refractivity contribution in [3.05, 3.63) is 35.9 Å². The fourth-order valence-electron chi connectivity index (χ4n) is 3.46. The highest BCUT2D eigenvalue weighted by Crippen LogP contribution is 2.53. The number of ether oxygens (including phenoxy) is 1. The molecular formula is C15H22N2O. The van der Waals surface area contributed by atoms with E-state index in [4.69, 9.17) is 10.6 Å². The number of nitrogens with two attached hydrogens (primary N) is 1. The Morgan fingerprint density at radius 1 is 1.28 bits per heavy atom. The topological polar surface area (TPSA) is 47.3 Å². The summed E-state index contributed by atoms with van der Waals surface area (Å²) in [5.41, 5.74) is 4.77. The monoisotopic (exact) mass is 246 g/mol. The number of nitrogens with one attached hydrogen (secondary N) is 1. The Labute approximate surface area is 109 Å². The van der Waals surface area contributed by atoms with Gasteiger partial charge in [0.25, 0.3) is 0 Å². The van der Waals surface area contributed by atoms with Gasteiger partial charge in [-0.1, -0.05) is 30.3 Å². The molecule has 0 aromatic heterocycles. The summed E-state index contributed by atoms with van der Waals surface area (Å²) in [5.74, 6) is 6.41. The predicted octanol–water partition coefficient (Wildman–Crippen LogP) is 1.98. The summed E-state index contributed by atoms with van der Waals surface area (Å²) in [6, 6.07) is 11.1. The lowest BCUT2D eigenvalue weighted by molar-refractivity contribution is 0.0325. The second kappa shape index (κ2) is 5.00. The highest BCUT2D eigenvalue weighted by molar-refractivity contribution is 5.34. The molecule has 1 saturated heterocycles. The molecule has 2 unspecified atom stereocenters. The van der Waals surface area contributed by atoms with E-state index >= 15 is 0 Å². The molecule has 0 bridgehead atoms. The van der Waals surface area contributed by atoms with Crippen LogP contribution in [0.5, 0.6) is 0 Å². The van der Waals surface area contributed by atoms with Crippen LogP contribution >= 0.6 is 0 Å². The van der Waals surface area contributed by atoms with Crippen LogP contribution in [0.1, 0.15) is 31.2 Å². The molecule has 1 aromatic rings. The van der Waals surface area contributed by atoms with Crippen LogP contribution in [0.25, 0.3) is 0 Å².